The van der Waals surface area contributed by atoms with Gasteiger partial charge in [-0.05, 0) is 19.4 Å². The largest absolute Gasteiger partial charge is 0.394 e. The first-order valence-electron chi connectivity index (χ1n) is 5.08. The number of nitrogens with one attached hydrogen (secondary N) is 1. The molecule has 0 aliphatic heterocycles. The second kappa shape index (κ2) is 5.41. The van der Waals surface area contributed by atoms with Gasteiger partial charge in [0.05, 0.1) is 17.6 Å². The van der Waals surface area contributed by atoms with Gasteiger partial charge in [0.2, 0.25) is 0 Å². The monoisotopic (exact) mass is 225 g/mol. The second-order valence-corrected chi connectivity index (χ2v) is 3.49. The number of hydrogen-bond donors (Lipinski definition) is 2. The van der Waals surface area contributed by atoms with Gasteiger partial charge in [-0.15, -0.1) is 0 Å². The van der Waals surface area contributed by atoms with Crippen LogP contribution >= 0.6 is 0 Å². The molecule has 6 heteroatoms. The van der Waals surface area contributed by atoms with Crippen LogP contribution in [0.2, 0.25) is 0 Å². The Hall–Kier alpha value is -1.69. The summed E-state index contributed by atoms with van der Waals surface area (Å²) >= 11 is 0. The van der Waals surface area contributed by atoms with E-state index in [9.17, 15) is 10.1 Å². The molecule has 0 spiro atoms. The van der Waals surface area contributed by atoms with Crippen molar-refractivity contribution in [2.75, 3.05) is 11.9 Å². The highest BCUT2D eigenvalue weighted by molar-refractivity contribution is 5.45. The molecule has 0 saturated carbocycles. The number of nitro groups is 1. The molecule has 1 aromatic heterocycles. The fraction of sp³-hybridized carbons (Fsp3) is 0.500. The molecule has 1 rings (SSSR count). The van der Waals surface area contributed by atoms with Crippen LogP contribution in [0.5, 0.6) is 0 Å². The lowest BCUT2D eigenvalue weighted by Crippen LogP contribution is -2.23. The summed E-state index contributed by atoms with van der Waals surface area (Å²) < 4.78 is 0. The topological polar surface area (TPSA) is 88.3 Å². The molecule has 0 aliphatic rings. The molecule has 0 saturated heterocycles. The summed E-state index contributed by atoms with van der Waals surface area (Å²) in [4.78, 5) is 14.2. The Labute approximate surface area is 93.5 Å². The number of anilines is 1. The summed E-state index contributed by atoms with van der Waals surface area (Å²) in [6.07, 6.45) is 0.758. The van der Waals surface area contributed by atoms with Crippen molar-refractivity contribution in [3.8, 4) is 0 Å². The normalized spacial score (nSPS) is 12.2. The molecular formula is C10H15N3O3. The van der Waals surface area contributed by atoms with E-state index in [1.165, 1.54) is 6.07 Å². The van der Waals surface area contributed by atoms with Crippen molar-refractivity contribution in [3.05, 3.63) is 27.9 Å². The Morgan fingerprint density at radius 3 is 2.75 bits per heavy atom. The molecule has 0 fully saturated rings. The molecule has 16 heavy (non-hydrogen) atoms. The highest BCUT2D eigenvalue weighted by atomic mass is 16.6. The number of aromatic nitrogens is 1. The molecule has 6 nitrogen and oxygen atoms in total. The third kappa shape index (κ3) is 2.90. The van der Waals surface area contributed by atoms with Gasteiger partial charge in [-0.1, -0.05) is 6.92 Å². The van der Waals surface area contributed by atoms with Gasteiger partial charge in [0.1, 0.15) is 11.5 Å². The standard InChI is InChI=1S/C10H15N3O3/c1-3-8(6-14)12-10-5-4-9(13(15)16)7(2)11-10/h4-5,8,14H,3,6H2,1-2H3,(H,11,12). The van der Waals surface area contributed by atoms with Crippen LogP contribution in [0, 0.1) is 17.0 Å². The zero-order valence-corrected chi connectivity index (χ0v) is 9.30. The summed E-state index contributed by atoms with van der Waals surface area (Å²) in [6.45, 7) is 3.53. The van der Waals surface area contributed by atoms with E-state index in [4.69, 9.17) is 5.11 Å². The smallest absolute Gasteiger partial charge is 0.290 e. The number of aliphatic hydroxyl groups excluding tert-OH is 1. The van der Waals surface area contributed by atoms with Crippen LogP contribution < -0.4 is 5.32 Å². The molecule has 1 atom stereocenters. The minimum absolute atomic E-state index is 0.00240. The van der Waals surface area contributed by atoms with E-state index in [1.54, 1.807) is 13.0 Å². The Balaban J connectivity index is 2.84. The summed E-state index contributed by atoms with van der Waals surface area (Å²) in [6, 6.07) is 2.88. The van der Waals surface area contributed by atoms with E-state index in [-0.39, 0.29) is 18.3 Å². The molecule has 0 aromatic carbocycles. The molecule has 1 aromatic rings. The quantitative estimate of drug-likeness (QED) is 0.585. The number of aliphatic hydroxyl groups is 1. The van der Waals surface area contributed by atoms with Crippen molar-refractivity contribution in [2.24, 2.45) is 0 Å². The summed E-state index contributed by atoms with van der Waals surface area (Å²) in [7, 11) is 0. The third-order valence-corrected chi connectivity index (χ3v) is 2.32. The molecule has 0 amide bonds. The highest BCUT2D eigenvalue weighted by Crippen LogP contribution is 2.18. The zero-order chi connectivity index (χ0) is 12.1. The van der Waals surface area contributed by atoms with Crippen LogP contribution in [0.15, 0.2) is 12.1 Å². The summed E-state index contributed by atoms with van der Waals surface area (Å²) in [5, 5.41) is 22.6. The Morgan fingerprint density at radius 2 is 2.31 bits per heavy atom. The van der Waals surface area contributed by atoms with E-state index >= 15 is 0 Å². The maximum atomic E-state index is 10.6. The van der Waals surface area contributed by atoms with Crippen molar-refractivity contribution in [3.63, 3.8) is 0 Å². The summed E-state index contributed by atoms with van der Waals surface area (Å²) in [5.74, 6) is 0.545. The average molecular weight is 225 g/mol. The maximum absolute atomic E-state index is 10.6. The number of hydrogen-bond acceptors (Lipinski definition) is 5. The first kappa shape index (κ1) is 12.4. The molecule has 1 unspecified atom stereocenters. The van der Waals surface area contributed by atoms with Gasteiger partial charge < -0.3 is 10.4 Å². The Morgan fingerprint density at radius 1 is 1.62 bits per heavy atom. The zero-order valence-electron chi connectivity index (χ0n) is 9.30. The van der Waals surface area contributed by atoms with Gasteiger partial charge in [0, 0.05) is 6.07 Å². The van der Waals surface area contributed by atoms with Crippen LogP contribution in [-0.2, 0) is 0 Å². The van der Waals surface area contributed by atoms with Gasteiger partial charge in [-0.25, -0.2) is 4.98 Å². The van der Waals surface area contributed by atoms with Gasteiger partial charge in [0.15, 0.2) is 0 Å². The van der Waals surface area contributed by atoms with Gasteiger partial charge in [-0.3, -0.25) is 10.1 Å². The number of rotatable bonds is 5. The van der Waals surface area contributed by atoms with Gasteiger partial charge >= 0.3 is 0 Å². The maximum Gasteiger partial charge on any atom is 0.290 e. The lowest BCUT2D eigenvalue weighted by atomic mass is 10.2. The first-order chi connectivity index (χ1) is 7.58. The third-order valence-electron chi connectivity index (χ3n) is 2.32. The lowest BCUT2D eigenvalue weighted by molar-refractivity contribution is -0.385. The van der Waals surface area contributed by atoms with E-state index < -0.39 is 4.92 Å². The molecule has 2 N–H and O–H groups in total. The predicted molar refractivity (Wildman–Crippen MR) is 60.4 cm³/mol. The molecule has 1 heterocycles. The van der Waals surface area contributed by atoms with Crippen LogP contribution in [0.25, 0.3) is 0 Å². The minimum atomic E-state index is -0.463. The highest BCUT2D eigenvalue weighted by Gasteiger charge is 2.12. The lowest BCUT2D eigenvalue weighted by Gasteiger charge is -2.14. The number of nitrogens with zero attached hydrogens (tertiary/aromatic N) is 2. The Kier molecular flexibility index (Phi) is 4.19. The number of pyridine rings is 1. The Bertz CT molecular complexity index is 378. The van der Waals surface area contributed by atoms with Crippen LogP contribution in [-0.4, -0.2) is 27.7 Å². The molecular weight excluding hydrogens is 210 g/mol. The molecule has 0 bridgehead atoms. The fourth-order valence-corrected chi connectivity index (χ4v) is 1.31. The van der Waals surface area contributed by atoms with E-state index in [2.05, 4.69) is 10.3 Å². The van der Waals surface area contributed by atoms with Crippen molar-refractivity contribution in [2.45, 2.75) is 26.3 Å². The van der Waals surface area contributed by atoms with Crippen LogP contribution in [0.1, 0.15) is 19.0 Å². The van der Waals surface area contributed by atoms with E-state index in [1.807, 2.05) is 6.92 Å². The van der Waals surface area contributed by atoms with Crippen LogP contribution in [0.3, 0.4) is 0 Å². The SMILES string of the molecule is CCC(CO)Nc1ccc([N+](=O)[O-])c(C)n1. The van der Waals surface area contributed by atoms with Crippen molar-refractivity contribution >= 4 is 11.5 Å². The average Bonchev–Trinajstić information content (AvgIpc) is 2.25. The van der Waals surface area contributed by atoms with Crippen molar-refractivity contribution in [1.29, 1.82) is 0 Å². The van der Waals surface area contributed by atoms with E-state index in [0.717, 1.165) is 6.42 Å². The molecule has 0 aliphatic carbocycles. The van der Waals surface area contributed by atoms with Crippen LogP contribution in [0.4, 0.5) is 11.5 Å². The summed E-state index contributed by atoms with van der Waals surface area (Å²) in [5.41, 5.74) is 0.366. The fourth-order valence-electron chi connectivity index (χ4n) is 1.31. The van der Waals surface area contributed by atoms with Crippen molar-refractivity contribution in [1.82, 2.24) is 4.98 Å². The van der Waals surface area contributed by atoms with E-state index in [0.29, 0.717) is 11.5 Å². The molecule has 0 radical (unpaired) electrons. The van der Waals surface area contributed by atoms with Gasteiger partial charge in [0.25, 0.3) is 5.69 Å². The predicted octanol–water partition coefficient (Wildman–Crippen LogP) is 1.48. The molecule has 88 valence electrons. The van der Waals surface area contributed by atoms with Gasteiger partial charge in [-0.2, -0.15) is 0 Å². The minimum Gasteiger partial charge on any atom is -0.394 e. The first-order valence-corrected chi connectivity index (χ1v) is 5.08. The second-order valence-electron chi connectivity index (χ2n) is 3.49. The number of aryl methyl sites for hydroxylation is 1. The van der Waals surface area contributed by atoms with Crippen molar-refractivity contribution < 1.29 is 10.0 Å².